The van der Waals surface area contributed by atoms with Crippen LogP contribution in [0.25, 0.3) is 0 Å². The van der Waals surface area contributed by atoms with Crippen molar-refractivity contribution in [1.29, 1.82) is 0 Å². The van der Waals surface area contributed by atoms with E-state index in [0.717, 1.165) is 18.6 Å². The molecule has 0 atom stereocenters. The molecule has 15 heavy (non-hydrogen) atoms. The first kappa shape index (κ1) is 13.9. The van der Waals surface area contributed by atoms with E-state index < -0.39 is 0 Å². The average molecular weight is 210 g/mol. The van der Waals surface area contributed by atoms with Crippen LogP contribution in [0, 0.1) is 5.92 Å². The van der Waals surface area contributed by atoms with Crippen LogP contribution in [-0.2, 0) is 9.53 Å². The molecule has 0 spiro atoms. The van der Waals surface area contributed by atoms with E-state index in [2.05, 4.69) is 19.9 Å². The molecule has 0 radical (unpaired) electrons. The number of hydrogen-bond donors (Lipinski definition) is 0. The van der Waals surface area contributed by atoms with Gasteiger partial charge in [-0.3, -0.25) is 4.79 Å². The van der Waals surface area contributed by atoms with Gasteiger partial charge in [0, 0.05) is 13.3 Å². The quantitative estimate of drug-likeness (QED) is 0.647. The van der Waals surface area contributed by atoms with Crippen LogP contribution in [0.15, 0.2) is 23.5 Å². The first-order valence-electron chi connectivity index (χ1n) is 5.67. The minimum atomic E-state index is -0.229. The van der Waals surface area contributed by atoms with Gasteiger partial charge in [-0.05, 0) is 18.4 Å². The summed E-state index contributed by atoms with van der Waals surface area (Å²) in [7, 11) is 0. The van der Waals surface area contributed by atoms with Gasteiger partial charge in [-0.1, -0.05) is 39.3 Å². The Hall–Kier alpha value is -1.05. The normalized spacial score (nSPS) is 14.8. The number of carbonyl (C=O) groups is 1. The molecule has 0 amide bonds. The Morgan fingerprint density at radius 1 is 1.27 bits per heavy atom. The van der Waals surface area contributed by atoms with Gasteiger partial charge in [-0.15, -0.1) is 0 Å². The summed E-state index contributed by atoms with van der Waals surface area (Å²) in [5.41, 5.74) is 1.43. The monoisotopic (exact) mass is 210 g/mol. The van der Waals surface area contributed by atoms with Crippen molar-refractivity contribution in [2.45, 2.75) is 47.5 Å². The summed E-state index contributed by atoms with van der Waals surface area (Å²) < 4.78 is 5.00. The molecule has 0 saturated carbocycles. The zero-order chi connectivity index (χ0) is 11.8. The van der Waals surface area contributed by atoms with E-state index >= 15 is 0 Å². The molecule has 86 valence electrons. The molecule has 0 aromatic rings. The minimum absolute atomic E-state index is 0.229. The molecule has 0 aromatic heterocycles. The summed E-state index contributed by atoms with van der Waals surface area (Å²) in [6.07, 6.45) is 5.83. The molecule has 0 saturated heterocycles. The second-order valence-corrected chi connectivity index (χ2v) is 3.62. The van der Waals surface area contributed by atoms with E-state index in [-0.39, 0.29) is 5.97 Å². The topological polar surface area (TPSA) is 26.3 Å². The molecule has 1 aliphatic rings. The van der Waals surface area contributed by atoms with Crippen LogP contribution in [0.4, 0.5) is 0 Å². The molecule has 0 bridgehead atoms. The van der Waals surface area contributed by atoms with Gasteiger partial charge in [-0.25, -0.2) is 0 Å². The van der Waals surface area contributed by atoms with Crippen LogP contribution in [0.2, 0.25) is 0 Å². The lowest BCUT2D eigenvalue weighted by Crippen LogP contribution is -2.04. The number of esters is 1. The van der Waals surface area contributed by atoms with Gasteiger partial charge in [0.2, 0.25) is 0 Å². The van der Waals surface area contributed by atoms with Crippen molar-refractivity contribution in [2.24, 2.45) is 5.92 Å². The Balaban J connectivity index is 0.000000921. The molecular formula is C13H22O2. The van der Waals surface area contributed by atoms with Gasteiger partial charge in [0.25, 0.3) is 0 Å². The zero-order valence-electron chi connectivity index (χ0n) is 10.5. The molecule has 0 fully saturated rings. The van der Waals surface area contributed by atoms with Crippen LogP contribution in [-0.4, -0.2) is 5.97 Å². The highest BCUT2D eigenvalue weighted by Gasteiger charge is 2.10. The molecule has 2 heteroatoms. The maximum Gasteiger partial charge on any atom is 0.307 e. The fourth-order valence-electron chi connectivity index (χ4n) is 1.38. The predicted octanol–water partition coefficient (Wildman–Crippen LogP) is 3.84. The highest BCUT2D eigenvalue weighted by molar-refractivity contribution is 5.67. The zero-order valence-corrected chi connectivity index (χ0v) is 10.5. The van der Waals surface area contributed by atoms with Gasteiger partial charge in [0.05, 0.1) is 0 Å². The molecule has 1 rings (SSSR count). The first-order valence-corrected chi connectivity index (χ1v) is 5.67. The molecule has 0 aliphatic heterocycles. The minimum Gasteiger partial charge on any atom is -0.431 e. The van der Waals surface area contributed by atoms with Crippen molar-refractivity contribution >= 4 is 5.97 Å². The van der Waals surface area contributed by atoms with Crippen LogP contribution in [0.5, 0.6) is 0 Å². The van der Waals surface area contributed by atoms with Gasteiger partial charge in [0.1, 0.15) is 5.76 Å². The molecule has 0 unspecified atom stereocenters. The van der Waals surface area contributed by atoms with Crippen molar-refractivity contribution in [3.63, 3.8) is 0 Å². The second-order valence-electron chi connectivity index (χ2n) is 3.62. The summed E-state index contributed by atoms with van der Waals surface area (Å²) in [5.74, 6) is 1.15. The fraction of sp³-hybridized carbons (Fsp3) is 0.615. The van der Waals surface area contributed by atoms with Crippen LogP contribution >= 0.6 is 0 Å². The predicted molar refractivity (Wildman–Crippen MR) is 63.4 cm³/mol. The fourth-order valence-corrected chi connectivity index (χ4v) is 1.38. The number of rotatable bonds is 2. The standard InChI is InChI=1S/C11H16O2.C2H6/c1-8(2)10-4-6-11(7-5-10)13-9(3)12;1-2/h4,6,8H,5,7H2,1-3H3;1-2H3. The molecule has 0 aromatic carbocycles. The number of carbonyl (C=O) groups excluding carboxylic acids is 1. The summed E-state index contributed by atoms with van der Waals surface area (Å²) in [4.78, 5) is 10.6. The Morgan fingerprint density at radius 3 is 2.20 bits per heavy atom. The lowest BCUT2D eigenvalue weighted by Gasteiger charge is -2.16. The van der Waals surface area contributed by atoms with E-state index in [0.29, 0.717) is 5.92 Å². The first-order chi connectivity index (χ1) is 7.09. The number of allylic oxidation sites excluding steroid dienone is 4. The Bertz CT molecular complexity index is 260. The summed E-state index contributed by atoms with van der Waals surface area (Å²) in [6, 6.07) is 0. The maximum atomic E-state index is 10.6. The third kappa shape index (κ3) is 5.40. The second kappa shape index (κ2) is 7.27. The Kier molecular flexibility index (Phi) is 6.76. The number of hydrogen-bond acceptors (Lipinski definition) is 2. The Labute approximate surface area is 93.0 Å². The smallest absolute Gasteiger partial charge is 0.307 e. The van der Waals surface area contributed by atoms with E-state index in [1.807, 2.05) is 19.9 Å². The van der Waals surface area contributed by atoms with Crippen LogP contribution in [0.3, 0.4) is 0 Å². The molecule has 2 nitrogen and oxygen atoms in total. The van der Waals surface area contributed by atoms with Crippen LogP contribution < -0.4 is 0 Å². The highest BCUT2D eigenvalue weighted by atomic mass is 16.5. The third-order valence-electron chi connectivity index (χ3n) is 2.16. The van der Waals surface area contributed by atoms with E-state index in [1.54, 1.807) is 0 Å². The van der Waals surface area contributed by atoms with E-state index in [1.165, 1.54) is 12.5 Å². The summed E-state index contributed by atoms with van der Waals surface area (Å²) >= 11 is 0. The lowest BCUT2D eigenvalue weighted by molar-refractivity contribution is -0.137. The van der Waals surface area contributed by atoms with Gasteiger partial charge >= 0.3 is 5.97 Å². The summed E-state index contributed by atoms with van der Waals surface area (Å²) in [5, 5.41) is 0. The van der Waals surface area contributed by atoms with Crippen molar-refractivity contribution in [1.82, 2.24) is 0 Å². The van der Waals surface area contributed by atoms with Gasteiger partial charge < -0.3 is 4.74 Å². The molecular weight excluding hydrogens is 188 g/mol. The molecule has 1 aliphatic carbocycles. The Morgan fingerprint density at radius 2 is 1.87 bits per heavy atom. The van der Waals surface area contributed by atoms with E-state index in [9.17, 15) is 4.79 Å². The van der Waals surface area contributed by atoms with Crippen molar-refractivity contribution < 1.29 is 9.53 Å². The van der Waals surface area contributed by atoms with Gasteiger partial charge in [0.15, 0.2) is 0 Å². The number of ether oxygens (including phenoxy) is 1. The average Bonchev–Trinajstić information content (AvgIpc) is 2.20. The van der Waals surface area contributed by atoms with Crippen molar-refractivity contribution in [3.05, 3.63) is 23.5 Å². The van der Waals surface area contributed by atoms with Crippen molar-refractivity contribution in [2.75, 3.05) is 0 Å². The maximum absolute atomic E-state index is 10.6. The largest absolute Gasteiger partial charge is 0.431 e. The van der Waals surface area contributed by atoms with E-state index in [4.69, 9.17) is 4.74 Å². The lowest BCUT2D eigenvalue weighted by atomic mass is 9.94. The third-order valence-corrected chi connectivity index (χ3v) is 2.16. The van der Waals surface area contributed by atoms with Crippen molar-refractivity contribution in [3.8, 4) is 0 Å². The SMILES string of the molecule is CC.CC(=O)OC1=CC=C(C(C)C)CC1. The molecule has 0 heterocycles. The molecule has 0 N–H and O–H groups in total. The van der Waals surface area contributed by atoms with Crippen LogP contribution in [0.1, 0.15) is 47.5 Å². The summed E-state index contributed by atoms with van der Waals surface area (Å²) in [6.45, 7) is 9.79. The highest BCUT2D eigenvalue weighted by Crippen LogP contribution is 2.24. The van der Waals surface area contributed by atoms with Gasteiger partial charge in [-0.2, -0.15) is 0 Å².